The first-order chi connectivity index (χ1) is 9.24. The minimum atomic E-state index is 0.574. The Morgan fingerprint density at radius 2 is 2.00 bits per heavy atom. The Kier molecular flexibility index (Phi) is 5.05. The number of hydrogen-bond donors (Lipinski definition) is 1. The predicted octanol–water partition coefficient (Wildman–Crippen LogP) is 1.43. The third-order valence-electron chi connectivity index (χ3n) is 3.73. The van der Waals surface area contributed by atoms with Gasteiger partial charge in [0.05, 0.1) is 6.61 Å². The lowest BCUT2D eigenvalue weighted by atomic mass is 10.1. The second kappa shape index (κ2) is 6.78. The molecule has 0 spiro atoms. The monoisotopic (exact) mass is 263 g/mol. The number of nitrogens with zero attached hydrogens (tertiary/aromatic N) is 2. The highest BCUT2D eigenvalue weighted by molar-refractivity contribution is 5.49. The van der Waals surface area contributed by atoms with Crippen molar-refractivity contribution in [1.29, 1.82) is 0 Å². The topological polar surface area (TPSA) is 27.7 Å². The van der Waals surface area contributed by atoms with Crippen molar-refractivity contribution in [1.82, 2.24) is 10.2 Å². The number of piperazine rings is 1. The molecule has 0 bridgehead atoms. The second-order valence-electron chi connectivity index (χ2n) is 5.07. The van der Waals surface area contributed by atoms with E-state index in [0.29, 0.717) is 6.04 Å². The molecule has 19 heavy (non-hydrogen) atoms. The smallest absolute Gasteiger partial charge is 0.119 e. The number of benzene rings is 1. The van der Waals surface area contributed by atoms with Crippen LogP contribution in [0.4, 0.5) is 5.69 Å². The molecule has 1 fully saturated rings. The first-order valence-corrected chi connectivity index (χ1v) is 7.07. The van der Waals surface area contributed by atoms with Crippen LogP contribution in [0.15, 0.2) is 24.3 Å². The molecule has 1 aliphatic rings. The fourth-order valence-corrected chi connectivity index (χ4v) is 2.56. The third-order valence-corrected chi connectivity index (χ3v) is 3.73. The molecule has 1 aromatic rings. The van der Waals surface area contributed by atoms with Gasteiger partial charge in [-0.2, -0.15) is 0 Å². The quantitative estimate of drug-likeness (QED) is 0.869. The predicted molar refractivity (Wildman–Crippen MR) is 80.2 cm³/mol. The molecule has 2 rings (SSSR count). The van der Waals surface area contributed by atoms with Crippen LogP contribution in [0.5, 0.6) is 5.75 Å². The largest absolute Gasteiger partial charge is 0.494 e. The van der Waals surface area contributed by atoms with Gasteiger partial charge < -0.3 is 15.0 Å². The summed E-state index contributed by atoms with van der Waals surface area (Å²) in [6.45, 7) is 7.04. The Hall–Kier alpha value is -1.26. The number of nitrogens with one attached hydrogen (secondary N) is 1. The summed E-state index contributed by atoms with van der Waals surface area (Å²) in [6, 6.07) is 9.01. The lowest BCUT2D eigenvalue weighted by Crippen LogP contribution is -2.54. The molecule has 1 heterocycles. The Balaban J connectivity index is 2.00. The van der Waals surface area contributed by atoms with Gasteiger partial charge in [-0.1, -0.05) is 0 Å². The number of anilines is 1. The molecule has 0 amide bonds. The first kappa shape index (κ1) is 14.2. The van der Waals surface area contributed by atoms with Crippen molar-refractivity contribution in [2.24, 2.45) is 0 Å². The highest BCUT2D eigenvalue weighted by atomic mass is 16.5. The molecule has 1 N–H and O–H groups in total. The molecule has 0 aromatic heterocycles. The fraction of sp³-hybridized carbons (Fsp3) is 0.600. The molecular weight excluding hydrogens is 238 g/mol. The van der Waals surface area contributed by atoms with Crippen LogP contribution in [0.2, 0.25) is 0 Å². The Morgan fingerprint density at radius 3 is 2.63 bits per heavy atom. The minimum absolute atomic E-state index is 0.574. The SMILES string of the molecule is CCOc1ccc(N2CCN(C)C(CNC)C2)cc1. The van der Waals surface area contributed by atoms with E-state index in [0.717, 1.165) is 38.5 Å². The zero-order valence-electron chi connectivity index (χ0n) is 12.2. The van der Waals surface area contributed by atoms with Gasteiger partial charge in [0, 0.05) is 37.9 Å². The second-order valence-corrected chi connectivity index (χ2v) is 5.07. The van der Waals surface area contributed by atoms with E-state index in [4.69, 9.17) is 4.74 Å². The van der Waals surface area contributed by atoms with Gasteiger partial charge in [0.2, 0.25) is 0 Å². The Morgan fingerprint density at radius 1 is 1.26 bits per heavy atom. The average molecular weight is 263 g/mol. The van der Waals surface area contributed by atoms with Crippen molar-refractivity contribution in [3.8, 4) is 5.75 Å². The molecule has 0 radical (unpaired) electrons. The molecule has 0 saturated carbocycles. The number of ether oxygens (including phenoxy) is 1. The van der Waals surface area contributed by atoms with Crippen LogP contribution >= 0.6 is 0 Å². The molecule has 1 aromatic carbocycles. The van der Waals surface area contributed by atoms with E-state index in [-0.39, 0.29) is 0 Å². The maximum Gasteiger partial charge on any atom is 0.119 e. The highest BCUT2D eigenvalue weighted by Gasteiger charge is 2.23. The molecule has 106 valence electrons. The third kappa shape index (κ3) is 3.61. The van der Waals surface area contributed by atoms with Crippen LogP contribution < -0.4 is 15.0 Å². The number of rotatable bonds is 5. The summed E-state index contributed by atoms with van der Waals surface area (Å²) >= 11 is 0. The maximum absolute atomic E-state index is 5.49. The summed E-state index contributed by atoms with van der Waals surface area (Å²) in [7, 11) is 4.22. The van der Waals surface area contributed by atoms with E-state index in [2.05, 4.69) is 46.4 Å². The fourth-order valence-electron chi connectivity index (χ4n) is 2.56. The summed E-state index contributed by atoms with van der Waals surface area (Å²) in [5.41, 5.74) is 1.29. The van der Waals surface area contributed by atoms with Crippen LogP contribution in [0.1, 0.15) is 6.92 Å². The Labute approximate surface area is 116 Å². The lowest BCUT2D eigenvalue weighted by Gasteiger charge is -2.40. The van der Waals surface area contributed by atoms with Crippen molar-refractivity contribution in [2.45, 2.75) is 13.0 Å². The Bertz CT molecular complexity index is 379. The van der Waals surface area contributed by atoms with Crippen LogP contribution in [-0.4, -0.2) is 57.8 Å². The van der Waals surface area contributed by atoms with E-state index >= 15 is 0 Å². The van der Waals surface area contributed by atoms with Crippen LogP contribution in [0.3, 0.4) is 0 Å². The van der Waals surface area contributed by atoms with Gasteiger partial charge in [-0.3, -0.25) is 4.90 Å². The van der Waals surface area contributed by atoms with Crippen molar-refractivity contribution < 1.29 is 4.74 Å². The van der Waals surface area contributed by atoms with Gasteiger partial charge in [-0.25, -0.2) is 0 Å². The normalized spacial score (nSPS) is 20.6. The van der Waals surface area contributed by atoms with E-state index in [1.54, 1.807) is 0 Å². The summed E-state index contributed by atoms with van der Waals surface area (Å²) in [6.07, 6.45) is 0. The van der Waals surface area contributed by atoms with E-state index in [9.17, 15) is 0 Å². The van der Waals surface area contributed by atoms with Crippen LogP contribution in [0, 0.1) is 0 Å². The molecule has 1 unspecified atom stereocenters. The van der Waals surface area contributed by atoms with Gasteiger partial charge in [0.15, 0.2) is 0 Å². The summed E-state index contributed by atoms with van der Waals surface area (Å²) in [5, 5.41) is 3.28. The van der Waals surface area contributed by atoms with E-state index < -0.39 is 0 Å². The van der Waals surface area contributed by atoms with Gasteiger partial charge >= 0.3 is 0 Å². The zero-order chi connectivity index (χ0) is 13.7. The summed E-state index contributed by atoms with van der Waals surface area (Å²) in [4.78, 5) is 4.89. The zero-order valence-corrected chi connectivity index (χ0v) is 12.2. The average Bonchev–Trinajstić information content (AvgIpc) is 2.43. The van der Waals surface area contributed by atoms with Crippen LogP contribution in [0.25, 0.3) is 0 Å². The number of hydrogen-bond acceptors (Lipinski definition) is 4. The van der Waals surface area contributed by atoms with Crippen molar-refractivity contribution in [3.63, 3.8) is 0 Å². The van der Waals surface area contributed by atoms with Gasteiger partial charge in [-0.15, -0.1) is 0 Å². The molecule has 1 aliphatic heterocycles. The van der Waals surface area contributed by atoms with E-state index in [1.165, 1.54) is 5.69 Å². The molecule has 4 nitrogen and oxygen atoms in total. The standard InChI is InChI=1S/C15H25N3O/c1-4-19-15-7-5-13(6-8-15)18-10-9-17(3)14(12-18)11-16-2/h5-8,14,16H,4,9-12H2,1-3H3. The minimum Gasteiger partial charge on any atom is -0.494 e. The molecule has 4 heteroatoms. The van der Waals surface area contributed by atoms with Gasteiger partial charge in [0.25, 0.3) is 0 Å². The van der Waals surface area contributed by atoms with Crippen molar-refractivity contribution in [3.05, 3.63) is 24.3 Å². The molecular formula is C15H25N3O. The summed E-state index contributed by atoms with van der Waals surface area (Å²) < 4.78 is 5.49. The number of likely N-dealkylation sites (N-methyl/N-ethyl adjacent to an activating group) is 2. The van der Waals surface area contributed by atoms with Gasteiger partial charge in [0.1, 0.15) is 5.75 Å². The van der Waals surface area contributed by atoms with Crippen molar-refractivity contribution >= 4 is 5.69 Å². The first-order valence-electron chi connectivity index (χ1n) is 7.07. The van der Waals surface area contributed by atoms with Crippen molar-refractivity contribution in [2.75, 3.05) is 51.8 Å². The highest BCUT2D eigenvalue weighted by Crippen LogP contribution is 2.21. The van der Waals surface area contributed by atoms with Gasteiger partial charge in [-0.05, 0) is 45.3 Å². The molecule has 0 aliphatic carbocycles. The van der Waals surface area contributed by atoms with E-state index in [1.807, 2.05) is 14.0 Å². The maximum atomic E-state index is 5.49. The summed E-state index contributed by atoms with van der Waals surface area (Å²) in [5.74, 6) is 0.951. The molecule has 1 atom stereocenters. The van der Waals surface area contributed by atoms with Crippen LogP contribution in [-0.2, 0) is 0 Å². The lowest BCUT2D eigenvalue weighted by molar-refractivity contribution is 0.216. The molecule has 1 saturated heterocycles.